The van der Waals surface area contributed by atoms with Crippen LogP contribution in [-0.4, -0.2) is 56.3 Å². The summed E-state index contributed by atoms with van der Waals surface area (Å²) < 4.78 is 17.7. The fourth-order valence-electron chi connectivity index (χ4n) is 5.25. The van der Waals surface area contributed by atoms with Gasteiger partial charge in [-0.3, -0.25) is 4.79 Å². The lowest BCUT2D eigenvalue weighted by molar-refractivity contribution is 0.102. The number of aromatic nitrogens is 2. The quantitative estimate of drug-likeness (QED) is 0.185. The summed E-state index contributed by atoms with van der Waals surface area (Å²) >= 11 is 0. The SMILES string of the molecule is CCCc1ccc(Oc2nc(Nc3ccc(N4CCNCC4)c(OC)c3)ncc2C(=O)Nc2c(C)cccc2C)c(OC)c1. The van der Waals surface area contributed by atoms with Crippen LogP contribution in [0.4, 0.5) is 23.0 Å². The molecule has 1 fully saturated rings. The fraction of sp³-hybridized carbons (Fsp3) is 0.324. The topological polar surface area (TPSA) is 110 Å². The number of hydrogen-bond acceptors (Lipinski definition) is 9. The van der Waals surface area contributed by atoms with E-state index in [0.29, 0.717) is 11.5 Å². The molecule has 2 heterocycles. The Bertz CT molecular complexity index is 1600. The van der Waals surface area contributed by atoms with Crippen molar-refractivity contribution >= 4 is 28.9 Å². The van der Waals surface area contributed by atoms with Crippen molar-refractivity contribution in [2.75, 3.05) is 55.9 Å². The van der Waals surface area contributed by atoms with Crippen LogP contribution in [0.5, 0.6) is 23.1 Å². The van der Waals surface area contributed by atoms with E-state index < -0.39 is 0 Å². The van der Waals surface area contributed by atoms with E-state index in [-0.39, 0.29) is 23.3 Å². The number of rotatable bonds is 11. The molecule has 1 amide bonds. The fourth-order valence-corrected chi connectivity index (χ4v) is 5.25. The number of aryl methyl sites for hydroxylation is 3. The molecule has 0 atom stereocenters. The molecular formula is C34H40N6O4. The Morgan fingerprint density at radius 3 is 2.41 bits per heavy atom. The summed E-state index contributed by atoms with van der Waals surface area (Å²) in [5.74, 6) is 1.72. The summed E-state index contributed by atoms with van der Waals surface area (Å²) in [4.78, 5) is 25.0. The van der Waals surface area contributed by atoms with Gasteiger partial charge in [0.05, 0.1) is 19.9 Å². The summed E-state index contributed by atoms with van der Waals surface area (Å²) in [5, 5.41) is 9.64. The first-order chi connectivity index (χ1) is 21.4. The van der Waals surface area contributed by atoms with E-state index in [2.05, 4.69) is 37.7 Å². The summed E-state index contributed by atoms with van der Waals surface area (Å²) in [6.07, 6.45) is 3.39. The molecule has 10 heteroatoms. The number of nitrogens with one attached hydrogen (secondary N) is 3. The summed E-state index contributed by atoms with van der Waals surface area (Å²) in [6, 6.07) is 17.5. The van der Waals surface area contributed by atoms with Crippen molar-refractivity contribution in [3.8, 4) is 23.1 Å². The molecule has 0 radical (unpaired) electrons. The third kappa shape index (κ3) is 7.03. The smallest absolute Gasteiger partial charge is 0.262 e. The van der Waals surface area contributed by atoms with E-state index in [9.17, 15) is 4.79 Å². The highest BCUT2D eigenvalue weighted by Crippen LogP contribution is 2.36. The van der Waals surface area contributed by atoms with Crippen molar-refractivity contribution < 1.29 is 19.0 Å². The highest BCUT2D eigenvalue weighted by Gasteiger charge is 2.21. The average molecular weight is 597 g/mol. The van der Waals surface area contributed by atoms with Crippen LogP contribution in [0.3, 0.4) is 0 Å². The minimum Gasteiger partial charge on any atom is -0.495 e. The highest BCUT2D eigenvalue weighted by molar-refractivity contribution is 6.06. The number of hydrogen-bond donors (Lipinski definition) is 3. The molecule has 4 aromatic rings. The zero-order chi connectivity index (χ0) is 31.1. The van der Waals surface area contributed by atoms with Gasteiger partial charge < -0.3 is 35.1 Å². The van der Waals surface area contributed by atoms with E-state index in [4.69, 9.17) is 14.2 Å². The standard InChI is InChI=1S/C34H40N6O4/c1-6-8-24-11-14-28(30(19-24)43-5)44-33-26(32(41)38-31-22(2)9-7-10-23(31)3)21-36-34(39-33)37-25-12-13-27(29(20-25)42-4)40-17-15-35-16-18-40/h7,9-14,19-21,35H,6,8,15-18H2,1-5H3,(H,38,41)(H,36,37,39). The molecule has 1 saturated heterocycles. The monoisotopic (exact) mass is 596 g/mol. The zero-order valence-corrected chi connectivity index (χ0v) is 26.0. The number of carbonyl (C=O) groups is 1. The van der Waals surface area contributed by atoms with Gasteiger partial charge >= 0.3 is 0 Å². The number of piperazine rings is 1. The van der Waals surface area contributed by atoms with Crippen LogP contribution in [0.25, 0.3) is 0 Å². The van der Waals surface area contributed by atoms with Gasteiger partial charge in [0, 0.05) is 49.8 Å². The second-order valence-electron chi connectivity index (χ2n) is 10.7. The Labute approximate surface area is 258 Å². The van der Waals surface area contributed by atoms with E-state index in [1.807, 2.05) is 68.4 Å². The predicted octanol–water partition coefficient (Wildman–Crippen LogP) is 6.26. The lowest BCUT2D eigenvalue weighted by atomic mass is 10.1. The van der Waals surface area contributed by atoms with Crippen molar-refractivity contribution in [1.82, 2.24) is 15.3 Å². The summed E-state index contributed by atoms with van der Waals surface area (Å²) in [5.41, 5.74) is 5.72. The van der Waals surface area contributed by atoms with E-state index in [1.54, 1.807) is 14.2 Å². The van der Waals surface area contributed by atoms with Crippen molar-refractivity contribution in [1.29, 1.82) is 0 Å². The number of amides is 1. The number of methoxy groups -OCH3 is 2. The van der Waals surface area contributed by atoms with Gasteiger partial charge in [0.25, 0.3) is 5.91 Å². The Hall–Kier alpha value is -4.83. The van der Waals surface area contributed by atoms with Gasteiger partial charge in [-0.25, -0.2) is 4.98 Å². The van der Waals surface area contributed by atoms with Gasteiger partial charge in [-0.05, 0) is 61.2 Å². The molecule has 230 valence electrons. The Kier molecular flexibility index (Phi) is 9.81. The first-order valence-corrected chi connectivity index (χ1v) is 14.9. The van der Waals surface area contributed by atoms with Crippen LogP contribution in [0.1, 0.15) is 40.4 Å². The molecule has 3 aromatic carbocycles. The summed E-state index contributed by atoms with van der Waals surface area (Å²) in [6.45, 7) is 9.69. The molecule has 44 heavy (non-hydrogen) atoms. The van der Waals surface area contributed by atoms with Crippen molar-refractivity contribution in [2.45, 2.75) is 33.6 Å². The molecule has 3 N–H and O–H groups in total. The lowest BCUT2D eigenvalue weighted by Crippen LogP contribution is -2.43. The van der Waals surface area contributed by atoms with Crippen molar-refractivity contribution in [3.05, 3.63) is 83.0 Å². The number of nitrogens with zero attached hydrogens (tertiary/aromatic N) is 3. The van der Waals surface area contributed by atoms with Gasteiger partial charge in [-0.1, -0.05) is 37.6 Å². The zero-order valence-electron chi connectivity index (χ0n) is 26.0. The van der Waals surface area contributed by atoms with Crippen LogP contribution in [0.2, 0.25) is 0 Å². The molecule has 0 spiro atoms. The number of ether oxygens (including phenoxy) is 3. The van der Waals surface area contributed by atoms with Gasteiger partial charge in [-0.15, -0.1) is 0 Å². The molecule has 0 unspecified atom stereocenters. The first kappa shape index (κ1) is 30.6. The Balaban J connectivity index is 1.47. The maximum atomic E-state index is 13.6. The molecule has 0 saturated carbocycles. The molecular weight excluding hydrogens is 556 g/mol. The maximum absolute atomic E-state index is 13.6. The second-order valence-corrected chi connectivity index (χ2v) is 10.7. The largest absolute Gasteiger partial charge is 0.495 e. The molecule has 1 aliphatic rings. The van der Waals surface area contributed by atoms with Crippen LogP contribution >= 0.6 is 0 Å². The molecule has 10 nitrogen and oxygen atoms in total. The molecule has 0 bridgehead atoms. The average Bonchev–Trinajstić information content (AvgIpc) is 3.04. The third-order valence-electron chi connectivity index (χ3n) is 7.58. The van der Waals surface area contributed by atoms with Gasteiger partial charge in [0.1, 0.15) is 11.3 Å². The summed E-state index contributed by atoms with van der Waals surface area (Å²) in [7, 11) is 3.26. The number of anilines is 4. The van der Waals surface area contributed by atoms with E-state index >= 15 is 0 Å². The third-order valence-corrected chi connectivity index (χ3v) is 7.58. The second kappa shape index (κ2) is 14.1. The van der Waals surface area contributed by atoms with E-state index in [1.165, 1.54) is 6.20 Å². The van der Waals surface area contributed by atoms with Crippen molar-refractivity contribution in [3.63, 3.8) is 0 Å². The number of benzene rings is 3. The van der Waals surface area contributed by atoms with Crippen molar-refractivity contribution in [2.24, 2.45) is 0 Å². The molecule has 0 aliphatic carbocycles. The first-order valence-electron chi connectivity index (χ1n) is 14.9. The number of carbonyl (C=O) groups excluding carboxylic acids is 1. The van der Waals surface area contributed by atoms with Gasteiger partial charge in [0.15, 0.2) is 11.5 Å². The van der Waals surface area contributed by atoms with Gasteiger partial charge in [0.2, 0.25) is 11.8 Å². The Morgan fingerprint density at radius 1 is 0.955 bits per heavy atom. The van der Waals surface area contributed by atoms with E-state index in [0.717, 1.165) is 78.5 Å². The molecule has 1 aliphatic heterocycles. The number of para-hydroxylation sites is 1. The van der Waals surface area contributed by atoms with Gasteiger partial charge in [-0.2, -0.15) is 4.98 Å². The maximum Gasteiger partial charge on any atom is 0.262 e. The normalized spacial score (nSPS) is 12.9. The lowest BCUT2D eigenvalue weighted by Gasteiger charge is -2.30. The minimum atomic E-state index is -0.382. The van der Waals surface area contributed by atoms with Crippen LogP contribution in [0.15, 0.2) is 60.8 Å². The van der Waals surface area contributed by atoms with Crippen LogP contribution in [0, 0.1) is 13.8 Å². The molecule has 5 rings (SSSR count). The predicted molar refractivity (Wildman–Crippen MR) is 174 cm³/mol. The molecule has 1 aromatic heterocycles. The Morgan fingerprint density at radius 2 is 1.70 bits per heavy atom. The van der Waals surface area contributed by atoms with Crippen LogP contribution in [-0.2, 0) is 6.42 Å². The minimum absolute atomic E-state index is 0.0946. The van der Waals surface area contributed by atoms with Crippen LogP contribution < -0.4 is 35.1 Å². The highest BCUT2D eigenvalue weighted by atomic mass is 16.5.